The van der Waals surface area contributed by atoms with Crippen LogP contribution in [0.1, 0.15) is 49.4 Å². The van der Waals surface area contributed by atoms with E-state index in [1.165, 1.54) is 12.8 Å². The van der Waals surface area contributed by atoms with Crippen LogP contribution in [0.4, 0.5) is 0 Å². The molecule has 1 aromatic carbocycles. The Labute approximate surface area is 174 Å². The van der Waals surface area contributed by atoms with Crippen LogP contribution in [-0.2, 0) is 4.79 Å². The second-order valence-electron chi connectivity index (χ2n) is 7.39. The van der Waals surface area contributed by atoms with Crippen LogP contribution < -0.4 is 10.1 Å². The van der Waals surface area contributed by atoms with E-state index in [9.17, 15) is 9.59 Å². The van der Waals surface area contributed by atoms with E-state index in [2.05, 4.69) is 12.2 Å². The summed E-state index contributed by atoms with van der Waals surface area (Å²) in [5.41, 5.74) is 0.684. The summed E-state index contributed by atoms with van der Waals surface area (Å²) in [5.74, 6) is 0.996. The lowest BCUT2D eigenvalue weighted by Gasteiger charge is -2.41. The number of rotatable bonds is 7. The van der Waals surface area contributed by atoms with E-state index in [-0.39, 0.29) is 30.3 Å². The van der Waals surface area contributed by atoms with Gasteiger partial charge in [-0.3, -0.25) is 9.59 Å². The Morgan fingerprint density at radius 3 is 2.71 bits per heavy atom. The van der Waals surface area contributed by atoms with E-state index < -0.39 is 0 Å². The van der Waals surface area contributed by atoms with Gasteiger partial charge in [-0.2, -0.15) is 0 Å². The van der Waals surface area contributed by atoms with Crippen molar-refractivity contribution < 1.29 is 14.3 Å². The Morgan fingerprint density at radius 1 is 1.21 bits per heavy atom. The average molecular weight is 410 g/mol. The summed E-state index contributed by atoms with van der Waals surface area (Å²) in [4.78, 5) is 28.9. The van der Waals surface area contributed by atoms with Crippen LogP contribution in [0.25, 0.3) is 0 Å². The Hall–Kier alpha value is -1.79. The van der Waals surface area contributed by atoms with Gasteiger partial charge in [0.05, 0.1) is 13.2 Å². The number of hydrogen-bond acceptors (Lipinski definition) is 4. The molecule has 2 fully saturated rings. The topological polar surface area (TPSA) is 61.9 Å². The number of halogens is 1. The van der Waals surface area contributed by atoms with Crippen LogP contribution >= 0.6 is 12.4 Å². The molecule has 1 aromatic rings. The Kier molecular flexibility index (Phi) is 9.06. The summed E-state index contributed by atoms with van der Waals surface area (Å²) in [6.07, 6.45) is 5.30. The first-order valence-corrected chi connectivity index (χ1v) is 10.2. The van der Waals surface area contributed by atoms with Crippen molar-refractivity contribution >= 4 is 24.2 Å². The van der Waals surface area contributed by atoms with Gasteiger partial charge in [0.2, 0.25) is 5.91 Å². The van der Waals surface area contributed by atoms with Gasteiger partial charge < -0.3 is 19.9 Å². The molecule has 3 rings (SSSR count). The minimum atomic E-state index is 0. The van der Waals surface area contributed by atoms with Crippen molar-refractivity contribution in [3.8, 4) is 5.75 Å². The van der Waals surface area contributed by atoms with Crippen LogP contribution in [0.5, 0.6) is 5.75 Å². The minimum Gasteiger partial charge on any atom is -0.494 e. The summed E-state index contributed by atoms with van der Waals surface area (Å²) >= 11 is 0. The van der Waals surface area contributed by atoms with Crippen molar-refractivity contribution in [3.63, 3.8) is 0 Å². The molecule has 2 aliphatic rings. The van der Waals surface area contributed by atoms with Gasteiger partial charge in [0, 0.05) is 37.8 Å². The Bertz CT molecular complexity index is 638. The number of piperidine rings is 1. The highest BCUT2D eigenvalue weighted by Crippen LogP contribution is 2.20. The number of benzene rings is 1. The molecule has 1 atom stereocenters. The normalized spacial score (nSPS) is 19.9. The second-order valence-corrected chi connectivity index (χ2v) is 7.39. The molecule has 156 valence electrons. The first-order valence-electron chi connectivity index (χ1n) is 10.2. The first-order chi connectivity index (χ1) is 13.2. The van der Waals surface area contributed by atoms with Crippen LogP contribution in [0.15, 0.2) is 24.3 Å². The van der Waals surface area contributed by atoms with Crippen molar-refractivity contribution in [1.82, 2.24) is 15.1 Å². The lowest BCUT2D eigenvalue weighted by Crippen LogP contribution is -2.57. The molecule has 0 spiro atoms. The second kappa shape index (κ2) is 11.3. The summed E-state index contributed by atoms with van der Waals surface area (Å²) in [6, 6.07) is 7.58. The van der Waals surface area contributed by atoms with Crippen LogP contribution in [0.2, 0.25) is 0 Å². The fourth-order valence-electron chi connectivity index (χ4n) is 3.82. The first kappa shape index (κ1) is 22.5. The number of hydrogen-bond donors (Lipinski definition) is 1. The number of nitrogens with zero attached hydrogens (tertiary/aromatic N) is 2. The molecule has 0 saturated carbocycles. The van der Waals surface area contributed by atoms with Gasteiger partial charge in [-0.25, -0.2) is 0 Å². The third-order valence-electron chi connectivity index (χ3n) is 5.37. The maximum absolute atomic E-state index is 12.9. The van der Waals surface area contributed by atoms with Gasteiger partial charge in [0.25, 0.3) is 5.91 Å². The fraction of sp³-hybridized carbons (Fsp3) is 0.619. The van der Waals surface area contributed by atoms with Crippen molar-refractivity contribution in [2.45, 2.75) is 45.1 Å². The lowest BCUT2D eigenvalue weighted by molar-refractivity contribution is -0.135. The number of unbranched alkanes of at least 4 members (excludes halogenated alkanes) is 2. The van der Waals surface area contributed by atoms with E-state index in [1.807, 2.05) is 34.1 Å². The zero-order valence-electron chi connectivity index (χ0n) is 16.7. The summed E-state index contributed by atoms with van der Waals surface area (Å²) in [7, 11) is 0. The van der Waals surface area contributed by atoms with Gasteiger partial charge in [-0.1, -0.05) is 19.8 Å². The van der Waals surface area contributed by atoms with Gasteiger partial charge in [-0.05, 0) is 43.5 Å². The molecule has 2 saturated heterocycles. The van der Waals surface area contributed by atoms with E-state index in [0.717, 1.165) is 44.6 Å². The fourth-order valence-corrected chi connectivity index (χ4v) is 3.82. The van der Waals surface area contributed by atoms with Crippen LogP contribution in [0, 0.1) is 0 Å². The molecule has 2 heterocycles. The molecule has 2 aliphatic heterocycles. The standard InChI is InChI=1S/C21H31N3O3.ClH/c1-2-3-4-14-27-19-9-7-17(8-10-19)21(26)23-12-5-6-18(16-23)24-13-11-22-15-20(24)25;/h7-10,18,22H,2-6,11-16H2,1H3;1H. The predicted octanol–water partition coefficient (Wildman–Crippen LogP) is 2.71. The molecule has 0 radical (unpaired) electrons. The van der Waals surface area contributed by atoms with Gasteiger partial charge in [-0.15, -0.1) is 12.4 Å². The molecule has 0 aromatic heterocycles. The van der Waals surface area contributed by atoms with Crippen molar-refractivity contribution in [2.24, 2.45) is 0 Å². The molecule has 7 heteroatoms. The van der Waals surface area contributed by atoms with E-state index in [1.54, 1.807) is 0 Å². The summed E-state index contributed by atoms with van der Waals surface area (Å²) in [6.45, 7) is 6.23. The zero-order chi connectivity index (χ0) is 19.1. The van der Waals surface area contributed by atoms with Gasteiger partial charge in [0.1, 0.15) is 5.75 Å². The quantitative estimate of drug-likeness (QED) is 0.703. The highest BCUT2D eigenvalue weighted by atomic mass is 35.5. The summed E-state index contributed by atoms with van der Waals surface area (Å²) in [5, 5.41) is 3.11. The number of amides is 2. The SMILES string of the molecule is CCCCCOc1ccc(C(=O)N2CCCC(N3CCNCC3=O)C2)cc1.Cl. The summed E-state index contributed by atoms with van der Waals surface area (Å²) < 4.78 is 5.72. The molecule has 6 nitrogen and oxygen atoms in total. The van der Waals surface area contributed by atoms with E-state index >= 15 is 0 Å². The van der Waals surface area contributed by atoms with Gasteiger partial charge >= 0.3 is 0 Å². The van der Waals surface area contributed by atoms with Gasteiger partial charge in [0.15, 0.2) is 0 Å². The maximum Gasteiger partial charge on any atom is 0.253 e. The molecule has 1 unspecified atom stereocenters. The minimum absolute atomic E-state index is 0. The highest BCUT2D eigenvalue weighted by Gasteiger charge is 2.31. The monoisotopic (exact) mass is 409 g/mol. The molecule has 2 amide bonds. The number of piperazine rings is 1. The number of carbonyl (C=O) groups excluding carboxylic acids is 2. The molecule has 0 aliphatic carbocycles. The number of carbonyl (C=O) groups is 2. The van der Waals surface area contributed by atoms with Crippen LogP contribution in [0.3, 0.4) is 0 Å². The van der Waals surface area contributed by atoms with E-state index in [4.69, 9.17) is 4.74 Å². The largest absolute Gasteiger partial charge is 0.494 e. The van der Waals surface area contributed by atoms with Crippen molar-refractivity contribution in [1.29, 1.82) is 0 Å². The number of ether oxygens (including phenoxy) is 1. The molecular formula is C21H32ClN3O3. The smallest absolute Gasteiger partial charge is 0.253 e. The third-order valence-corrected chi connectivity index (χ3v) is 5.37. The third kappa shape index (κ3) is 5.85. The van der Waals surface area contributed by atoms with Crippen molar-refractivity contribution in [3.05, 3.63) is 29.8 Å². The Balaban J connectivity index is 0.00000280. The highest BCUT2D eigenvalue weighted by molar-refractivity contribution is 5.94. The zero-order valence-corrected chi connectivity index (χ0v) is 17.5. The number of likely N-dealkylation sites (tertiary alicyclic amines) is 1. The van der Waals surface area contributed by atoms with Crippen molar-refractivity contribution in [2.75, 3.05) is 39.3 Å². The van der Waals surface area contributed by atoms with Crippen LogP contribution in [-0.4, -0.2) is 67.0 Å². The lowest BCUT2D eigenvalue weighted by atomic mass is 10.0. The predicted molar refractivity (Wildman–Crippen MR) is 112 cm³/mol. The Morgan fingerprint density at radius 2 is 2.00 bits per heavy atom. The molecule has 1 N–H and O–H groups in total. The van der Waals surface area contributed by atoms with E-state index in [0.29, 0.717) is 25.3 Å². The number of nitrogens with one attached hydrogen (secondary N) is 1. The average Bonchev–Trinajstić information content (AvgIpc) is 2.72. The molecule has 0 bridgehead atoms. The maximum atomic E-state index is 12.9. The molecular weight excluding hydrogens is 378 g/mol. The molecule has 28 heavy (non-hydrogen) atoms.